The summed E-state index contributed by atoms with van der Waals surface area (Å²) in [6.45, 7) is 11.8. The number of hydrogen-bond acceptors (Lipinski definition) is 2. The van der Waals surface area contributed by atoms with Gasteiger partial charge in [-0.1, -0.05) is 34.6 Å². The Morgan fingerprint density at radius 1 is 1.27 bits per heavy atom. The molecule has 0 aliphatic rings. The van der Waals surface area contributed by atoms with Crippen LogP contribution in [-0.2, 0) is 13.0 Å². The molecule has 1 aromatic rings. The zero-order valence-corrected chi connectivity index (χ0v) is 10.5. The molecule has 0 unspecified atom stereocenters. The number of aryl methyl sites for hydroxylation is 1. The largest absolute Gasteiger partial charge is 0.384 e. The molecule has 0 bridgehead atoms. The Hall–Kier alpha value is -0.990. The van der Waals surface area contributed by atoms with Gasteiger partial charge in [0.25, 0.3) is 0 Å². The van der Waals surface area contributed by atoms with E-state index in [-0.39, 0.29) is 0 Å². The van der Waals surface area contributed by atoms with Gasteiger partial charge in [0.05, 0.1) is 5.69 Å². The predicted octanol–water partition coefficient (Wildman–Crippen LogP) is 2.81. The minimum absolute atomic E-state index is 0.436. The lowest BCUT2D eigenvalue weighted by atomic mass is 10.2. The monoisotopic (exact) mass is 209 g/mol. The average molecular weight is 209 g/mol. The van der Waals surface area contributed by atoms with Crippen molar-refractivity contribution >= 4 is 5.82 Å². The summed E-state index contributed by atoms with van der Waals surface area (Å²) >= 11 is 0. The molecule has 0 radical (unpaired) electrons. The second kappa shape index (κ2) is 4.69. The van der Waals surface area contributed by atoms with Crippen LogP contribution in [0.5, 0.6) is 0 Å². The number of aromatic nitrogens is 2. The van der Waals surface area contributed by atoms with Crippen molar-refractivity contribution in [1.82, 2.24) is 9.55 Å². The summed E-state index contributed by atoms with van der Waals surface area (Å²) in [6, 6.07) is 0. The van der Waals surface area contributed by atoms with Gasteiger partial charge in [0.1, 0.15) is 11.6 Å². The van der Waals surface area contributed by atoms with E-state index in [0.717, 1.165) is 30.3 Å². The summed E-state index contributed by atoms with van der Waals surface area (Å²) < 4.78 is 2.17. The lowest BCUT2D eigenvalue weighted by molar-refractivity contribution is 0.502. The number of nitrogen functional groups attached to an aromatic ring is 1. The smallest absolute Gasteiger partial charge is 0.126 e. The molecule has 3 heteroatoms. The van der Waals surface area contributed by atoms with E-state index < -0.39 is 0 Å². The molecular formula is C12H23N3. The standard InChI is InChI=1S/C12H23N3/c1-6-10-11(13)15(7-8(2)3)12(14-10)9(4)5/h8-9H,6-7,13H2,1-5H3. The van der Waals surface area contributed by atoms with Crippen LogP contribution in [0.4, 0.5) is 5.82 Å². The van der Waals surface area contributed by atoms with E-state index in [0.29, 0.717) is 11.8 Å². The first kappa shape index (κ1) is 12.1. The van der Waals surface area contributed by atoms with Crippen LogP contribution in [0.3, 0.4) is 0 Å². The molecule has 0 amide bonds. The van der Waals surface area contributed by atoms with E-state index in [2.05, 4.69) is 44.2 Å². The fourth-order valence-electron chi connectivity index (χ4n) is 1.79. The topological polar surface area (TPSA) is 43.8 Å². The fourth-order valence-corrected chi connectivity index (χ4v) is 1.79. The first-order chi connectivity index (χ1) is 6.97. The van der Waals surface area contributed by atoms with Gasteiger partial charge < -0.3 is 10.3 Å². The second-order valence-electron chi connectivity index (χ2n) is 4.81. The average Bonchev–Trinajstić information content (AvgIpc) is 2.43. The first-order valence-corrected chi connectivity index (χ1v) is 5.82. The summed E-state index contributed by atoms with van der Waals surface area (Å²) in [6.07, 6.45) is 0.913. The molecule has 1 rings (SSSR count). The maximum atomic E-state index is 6.10. The minimum atomic E-state index is 0.436. The van der Waals surface area contributed by atoms with Gasteiger partial charge in [-0.3, -0.25) is 0 Å². The highest BCUT2D eigenvalue weighted by molar-refractivity contribution is 5.38. The Bertz CT molecular complexity index is 324. The summed E-state index contributed by atoms with van der Waals surface area (Å²) in [7, 11) is 0. The Morgan fingerprint density at radius 3 is 2.27 bits per heavy atom. The molecule has 86 valence electrons. The molecular weight excluding hydrogens is 186 g/mol. The lowest BCUT2D eigenvalue weighted by Crippen LogP contribution is -2.12. The zero-order valence-electron chi connectivity index (χ0n) is 10.5. The Balaban J connectivity index is 3.13. The molecule has 1 aromatic heterocycles. The van der Waals surface area contributed by atoms with Crippen LogP contribution in [-0.4, -0.2) is 9.55 Å². The van der Waals surface area contributed by atoms with Crippen LogP contribution in [0.1, 0.15) is 52.1 Å². The first-order valence-electron chi connectivity index (χ1n) is 5.82. The highest BCUT2D eigenvalue weighted by Gasteiger charge is 2.16. The van der Waals surface area contributed by atoms with Crippen molar-refractivity contribution in [1.29, 1.82) is 0 Å². The van der Waals surface area contributed by atoms with Crippen LogP contribution in [0.15, 0.2) is 0 Å². The second-order valence-corrected chi connectivity index (χ2v) is 4.81. The predicted molar refractivity (Wildman–Crippen MR) is 64.9 cm³/mol. The highest BCUT2D eigenvalue weighted by atomic mass is 15.1. The lowest BCUT2D eigenvalue weighted by Gasteiger charge is -2.13. The van der Waals surface area contributed by atoms with Crippen molar-refractivity contribution in [2.75, 3.05) is 5.73 Å². The molecule has 0 aliphatic carbocycles. The Kier molecular flexibility index (Phi) is 3.77. The van der Waals surface area contributed by atoms with Crippen molar-refractivity contribution in [3.63, 3.8) is 0 Å². The number of nitrogens with two attached hydrogens (primary N) is 1. The molecule has 0 aliphatic heterocycles. The maximum Gasteiger partial charge on any atom is 0.126 e. The quantitative estimate of drug-likeness (QED) is 0.828. The van der Waals surface area contributed by atoms with Gasteiger partial charge >= 0.3 is 0 Å². The molecule has 0 atom stereocenters. The van der Waals surface area contributed by atoms with E-state index in [9.17, 15) is 0 Å². The third-order valence-electron chi connectivity index (χ3n) is 2.51. The van der Waals surface area contributed by atoms with Crippen molar-refractivity contribution in [2.45, 2.75) is 53.5 Å². The summed E-state index contributed by atoms with van der Waals surface area (Å²) in [5.74, 6) is 3.02. The van der Waals surface area contributed by atoms with Crippen molar-refractivity contribution in [2.24, 2.45) is 5.92 Å². The summed E-state index contributed by atoms with van der Waals surface area (Å²) in [4.78, 5) is 4.62. The van der Waals surface area contributed by atoms with Crippen molar-refractivity contribution in [3.8, 4) is 0 Å². The number of hydrogen-bond donors (Lipinski definition) is 1. The number of anilines is 1. The molecule has 0 saturated carbocycles. The molecule has 0 spiro atoms. The summed E-state index contributed by atoms with van der Waals surface area (Å²) in [5, 5.41) is 0. The van der Waals surface area contributed by atoms with Crippen LogP contribution in [0, 0.1) is 5.92 Å². The Labute approximate surface area is 92.7 Å². The maximum absolute atomic E-state index is 6.10. The molecule has 0 fully saturated rings. The molecule has 1 heterocycles. The van der Waals surface area contributed by atoms with Gasteiger partial charge in [0.2, 0.25) is 0 Å². The van der Waals surface area contributed by atoms with E-state index in [4.69, 9.17) is 5.73 Å². The molecule has 0 aromatic carbocycles. The van der Waals surface area contributed by atoms with Gasteiger partial charge in [-0.05, 0) is 12.3 Å². The van der Waals surface area contributed by atoms with Crippen molar-refractivity contribution in [3.05, 3.63) is 11.5 Å². The molecule has 15 heavy (non-hydrogen) atoms. The SMILES string of the molecule is CCc1nc(C(C)C)n(CC(C)C)c1N. The third-order valence-corrected chi connectivity index (χ3v) is 2.51. The minimum Gasteiger partial charge on any atom is -0.384 e. The number of nitrogens with zero attached hydrogens (tertiary/aromatic N) is 2. The van der Waals surface area contributed by atoms with Gasteiger partial charge in [-0.25, -0.2) is 4.98 Å². The van der Waals surface area contributed by atoms with Crippen molar-refractivity contribution < 1.29 is 0 Å². The normalized spacial score (nSPS) is 11.7. The van der Waals surface area contributed by atoms with Gasteiger partial charge in [-0.15, -0.1) is 0 Å². The molecule has 0 saturated heterocycles. The van der Waals surface area contributed by atoms with E-state index in [1.807, 2.05) is 0 Å². The van der Waals surface area contributed by atoms with Crippen LogP contribution in [0.25, 0.3) is 0 Å². The fraction of sp³-hybridized carbons (Fsp3) is 0.750. The van der Waals surface area contributed by atoms with Crippen LogP contribution < -0.4 is 5.73 Å². The molecule has 2 N–H and O–H groups in total. The number of imidazole rings is 1. The molecule has 3 nitrogen and oxygen atoms in total. The highest BCUT2D eigenvalue weighted by Crippen LogP contribution is 2.22. The van der Waals surface area contributed by atoms with E-state index in [1.54, 1.807) is 0 Å². The zero-order chi connectivity index (χ0) is 11.6. The number of rotatable bonds is 4. The van der Waals surface area contributed by atoms with Gasteiger partial charge in [0, 0.05) is 12.5 Å². The van der Waals surface area contributed by atoms with E-state index >= 15 is 0 Å². The van der Waals surface area contributed by atoms with Crippen LogP contribution in [0.2, 0.25) is 0 Å². The summed E-state index contributed by atoms with van der Waals surface area (Å²) in [5.41, 5.74) is 7.14. The van der Waals surface area contributed by atoms with E-state index in [1.165, 1.54) is 0 Å². The van der Waals surface area contributed by atoms with Gasteiger partial charge in [0.15, 0.2) is 0 Å². The third kappa shape index (κ3) is 2.52. The Morgan fingerprint density at radius 2 is 1.87 bits per heavy atom. The van der Waals surface area contributed by atoms with Gasteiger partial charge in [-0.2, -0.15) is 0 Å². The van der Waals surface area contributed by atoms with Crippen LogP contribution >= 0.6 is 0 Å².